The summed E-state index contributed by atoms with van der Waals surface area (Å²) in [7, 11) is -3.81. The van der Waals surface area contributed by atoms with E-state index in [1.165, 1.54) is 18.2 Å². The van der Waals surface area contributed by atoms with Crippen molar-refractivity contribution < 1.29 is 18.3 Å². The zero-order chi connectivity index (χ0) is 21.9. The van der Waals surface area contributed by atoms with E-state index in [1.807, 2.05) is 36.4 Å². The highest BCUT2D eigenvalue weighted by Gasteiger charge is 2.17. The minimum Gasteiger partial charge on any atom is -0.478 e. The minimum absolute atomic E-state index is 0.0328. The molecule has 0 bridgehead atoms. The summed E-state index contributed by atoms with van der Waals surface area (Å²) in [5, 5.41) is 10.3. The number of carboxylic acids is 1. The molecule has 8 heteroatoms. The zero-order valence-electron chi connectivity index (χ0n) is 16.0. The summed E-state index contributed by atoms with van der Waals surface area (Å²) in [6, 6.07) is 17.0. The molecule has 0 saturated heterocycles. The summed E-state index contributed by atoms with van der Waals surface area (Å²) in [6.07, 6.45) is 0.480. The quantitative estimate of drug-likeness (QED) is 0.504. The highest BCUT2D eigenvalue weighted by molar-refractivity contribution is 7.89. The third kappa shape index (κ3) is 5.40. The minimum atomic E-state index is -3.81. The molecule has 3 aromatic rings. The van der Waals surface area contributed by atoms with Gasteiger partial charge in [-0.25, -0.2) is 17.9 Å². The molecule has 0 aromatic heterocycles. The first kappa shape index (κ1) is 22.3. The summed E-state index contributed by atoms with van der Waals surface area (Å²) >= 11 is 12.1. The standard InChI is InChI=1S/C22H19Cl2NO4S/c1-14-2-7-20(13-21(14)22(26)27)30(28,29)25-9-8-15-3-5-16(6-4-15)17-10-18(23)12-19(24)11-17/h2-7,10-13,25H,8-9H2,1H3,(H,26,27). The molecule has 0 atom stereocenters. The summed E-state index contributed by atoms with van der Waals surface area (Å²) in [5.41, 5.74) is 3.26. The molecule has 0 aliphatic heterocycles. The second kappa shape index (κ2) is 9.18. The molecule has 0 unspecified atom stereocenters. The molecule has 0 aliphatic rings. The highest BCUT2D eigenvalue weighted by atomic mass is 35.5. The van der Waals surface area contributed by atoms with Crippen LogP contribution in [0.5, 0.6) is 0 Å². The van der Waals surface area contributed by atoms with E-state index in [-0.39, 0.29) is 17.0 Å². The Balaban J connectivity index is 1.66. The second-order valence-corrected chi connectivity index (χ2v) is 9.42. The van der Waals surface area contributed by atoms with E-state index < -0.39 is 16.0 Å². The molecule has 0 aliphatic carbocycles. The van der Waals surface area contributed by atoms with E-state index >= 15 is 0 Å². The number of carbonyl (C=O) groups is 1. The predicted octanol–water partition coefficient (Wildman–Crippen LogP) is 5.19. The highest BCUT2D eigenvalue weighted by Crippen LogP contribution is 2.27. The van der Waals surface area contributed by atoms with E-state index in [0.29, 0.717) is 22.0 Å². The fourth-order valence-electron chi connectivity index (χ4n) is 3.00. The van der Waals surface area contributed by atoms with Crippen LogP contribution >= 0.6 is 23.2 Å². The van der Waals surface area contributed by atoms with Crippen LogP contribution in [0.15, 0.2) is 65.6 Å². The third-order valence-electron chi connectivity index (χ3n) is 4.61. The predicted molar refractivity (Wildman–Crippen MR) is 119 cm³/mol. The number of sulfonamides is 1. The van der Waals surface area contributed by atoms with Gasteiger partial charge in [0, 0.05) is 16.6 Å². The van der Waals surface area contributed by atoms with E-state index in [2.05, 4.69) is 4.72 Å². The van der Waals surface area contributed by atoms with Crippen molar-refractivity contribution in [1.82, 2.24) is 4.72 Å². The number of hydrogen-bond donors (Lipinski definition) is 2. The van der Waals surface area contributed by atoms with E-state index in [1.54, 1.807) is 13.0 Å². The first-order chi connectivity index (χ1) is 14.2. The molecular weight excluding hydrogens is 445 g/mol. The number of nitrogens with one attached hydrogen (secondary N) is 1. The Hall–Kier alpha value is -2.38. The van der Waals surface area contributed by atoms with Gasteiger partial charge in [0.25, 0.3) is 0 Å². The average Bonchev–Trinajstić information content (AvgIpc) is 2.67. The molecule has 0 saturated carbocycles. The van der Waals surface area contributed by atoms with Gasteiger partial charge >= 0.3 is 5.97 Å². The van der Waals surface area contributed by atoms with Crippen molar-refractivity contribution in [2.45, 2.75) is 18.2 Å². The number of carboxylic acid groups (broad SMARTS) is 1. The van der Waals surface area contributed by atoms with Crippen LogP contribution in [0.2, 0.25) is 10.0 Å². The lowest BCUT2D eigenvalue weighted by molar-refractivity contribution is 0.0696. The zero-order valence-corrected chi connectivity index (χ0v) is 18.4. The first-order valence-electron chi connectivity index (χ1n) is 9.05. The van der Waals surface area contributed by atoms with Crippen LogP contribution in [0.3, 0.4) is 0 Å². The van der Waals surface area contributed by atoms with Gasteiger partial charge in [-0.2, -0.15) is 0 Å². The number of hydrogen-bond acceptors (Lipinski definition) is 3. The molecule has 2 N–H and O–H groups in total. The molecule has 30 heavy (non-hydrogen) atoms. The second-order valence-electron chi connectivity index (χ2n) is 6.78. The molecule has 0 spiro atoms. The van der Waals surface area contributed by atoms with Crippen molar-refractivity contribution in [2.24, 2.45) is 0 Å². The van der Waals surface area contributed by atoms with Gasteiger partial charge in [0.15, 0.2) is 0 Å². The monoisotopic (exact) mass is 463 g/mol. The number of benzene rings is 3. The Morgan fingerprint density at radius 3 is 2.17 bits per heavy atom. The molecule has 0 amide bonds. The van der Waals surface area contributed by atoms with Crippen LogP contribution in [0.4, 0.5) is 0 Å². The Kier molecular flexibility index (Phi) is 6.83. The van der Waals surface area contributed by atoms with E-state index in [9.17, 15) is 18.3 Å². The van der Waals surface area contributed by atoms with Gasteiger partial charge in [-0.05, 0) is 65.9 Å². The van der Waals surface area contributed by atoms with Gasteiger partial charge in [0.1, 0.15) is 0 Å². The largest absolute Gasteiger partial charge is 0.478 e. The Labute approximate surface area is 185 Å². The van der Waals surface area contributed by atoms with Gasteiger partial charge < -0.3 is 5.11 Å². The summed E-state index contributed by atoms with van der Waals surface area (Å²) in [4.78, 5) is 11.2. The van der Waals surface area contributed by atoms with Gasteiger partial charge in [-0.15, -0.1) is 0 Å². The number of halogens is 2. The van der Waals surface area contributed by atoms with Gasteiger partial charge in [0.05, 0.1) is 10.5 Å². The maximum Gasteiger partial charge on any atom is 0.335 e. The first-order valence-corrected chi connectivity index (χ1v) is 11.3. The molecule has 3 aromatic carbocycles. The lowest BCUT2D eigenvalue weighted by Gasteiger charge is -2.09. The molecule has 0 heterocycles. The van der Waals surface area contributed by atoms with Gasteiger partial charge in [-0.3, -0.25) is 0 Å². The van der Waals surface area contributed by atoms with Crippen LogP contribution in [-0.4, -0.2) is 26.0 Å². The van der Waals surface area contributed by atoms with E-state index in [4.69, 9.17) is 23.2 Å². The smallest absolute Gasteiger partial charge is 0.335 e. The SMILES string of the molecule is Cc1ccc(S(=O)(=O)NCCc2ccc(-c3cc(Cl)cc(Cl)c3)cc2)cc1C(=O)O. The summed E-state index contributed by atoms with van der Waals surface area (Å²) < 4.78 is 27.5. The fraction of sp³-hybridized carbons (Fsp3) is 0.136. The van der Waals surface area contributed by atoms with Gasteiger partial charge in [-0.1, -0.05) is 53.5 Å². The topological polar surface area (TPSA) is 83.5 Å². The molecule has 156 valence electrons. The Bertz CT molecular complexity index is 1170. The summed E-state index contributed by atoms with van der Waals surface area (Å²) in [6.45, 7) is 1.80. The molecule has 3 rings (SSSR count). The summed E-state index contributed by atoms with van der Waals surface area (Å²) in [5.74, 6) is -1.16. The van der Waals surface area contributed by atoms with Crippen LogP contribution in [0.25, 0.3) is 11.1 Å². The van der Waals surface area contributed by atoms with Crippen molar-refractivity contribution in [3.05, 3.63) is 87.4 Å². The molecular formula is C22H19Cl2NO4S. The Morgan fingerprint density at radius 1 is 0.933 bits per heavy atom. The van der Waals surface area contributed by atoms with Gasteiger partial charge in [0.2, 0.25) is 10.0 Å². The maximum absolute atomic E-state index is 12.5. The normalized spacial score (nSPS) is 11.4. The number of aryl methyl sites for hydroxylation is 1. The van der Waals surface area contributed by atoms with Crippen molar-refractivity contribution >= 4 is 39.2 Å². The molecule has 5 nitrogen and oxygen atoms in total. The van der Waals surface area contributed by atoms with Crippen LogP contribution in [0, 0.1) is 6.92 Å². The number of rotatable bonds is 7. The third-order valence-corrected chi connectivity index (χ3v) is 6.50. The van der Waals surface area contributed by atoms with Crippen LogP contribution in [0.1, 0.15) is 21.5 Å². The van der Waals surface area contributed by atoms with Crippen molar-refractivity contribution in [3.8, 4) is 11.1 Å². The van der Waals surface area contributed by atoms with Crippen molar-refractivity contribution in [1.29, 1.82) is 0 Å². The van der Waals surface area contributed by atoms with E-state index in [0.717, 1.165) is 16.7 Å². The lowest BCUT2D eigenvalue weighted by Crippen LogP contribution is -2.26. The molecule has 0 fully saturated rings. The lowest BCUT2D eigenvalue weighted by atomic mass is 10.0. The van der Waals surface area contributed by atoms with Crippen LogP contribution in [-0.2, 0) is 16.4 Å². The Morgan fingerprint density at radius 2 is 1.57 bits per heavy atom. The van der Waals surface area contributed by atoms with Crippen molar-refractivity contribution in [2.75, 3.05) is 6.54 Å². The fourth-order valence-corrected chi connectivity index (χ4v) is 4.58. The number of aromatic carboxylic acids is 1. The maximum atomic E-state index is 12.5. The van der Waals surface area contributed by atoms with Crippen LogP contribution < -0.4 is 4.72 Å². The van der Waals surface area contributed by atoms with Crippen molar-refractivity contribution in [3.63, 3.8) is 0 Å². The molecule has 0 radical (unpaired) electrons. The average molecular weight is 464 g/mol.